The largest absolute Gasteiger partial charge is 3.00 e. The normalized spacial score (nSPS) is 8.36. The number of carbonyl (C=O) groups is 1. The summed E-state index contributed by atoms with van der Waals surface area (Å²) in [7, 11) is 0. The van der Waals surface area contributed by atoms with Crippen LogP contribution in [0.2, 0.25) is 0 Å². The minimum absolute atomic E-state index is 0. The maximum atomic E-state index is 10.3. The SMILES string of the molecule is [NH-]c1cnccc1C(=O)O.[Y+3]. The second-order valence-corrected chi connectivity index (χ2v) is 1.73. The Hall–Kier alpha value is -0.476. The van der Waals surface area contributed by atoms with E-state index in [1.807, 2.05) is 0 Å². The van der Waals surface area contributed by atoms with Gasteiger partial charge in [0.15, 0.2) is 0 Å². The van der Waals surface area contributed by atoms with Gasteiger partial charge in [0.25, 0.3) is 0 Å². The quantitative estimate of drug-likeness (QED) is 0.787. The number of aromatic nitrogens is 1. The molecule has 0 aliphatic heterocycles. The van der Waals surface area contributed by atoms with E-state index in [1.54, 1.807) is 0 Å². The number of carboxylic acid groups (broad SMARTS) is 1. The predicted octanol–water partition coefficient (Wildman–Crippen LogP) is 1.46. The van der Waals surface area contributed by atoms with Crippen LogP contribution in [0, 0.1) is 0 Å². The average Bonchev–Trinajstić information content (AvgIpc) is 1.88. The fourth-order valence-electron chi connectivity index (χ4n) is 0.581. The zero-order valence-corrected chi connectivity index (χ0v) is 8.45. The molecular weight excluding hydrogens is 221 g/mol. The van der Waals surface area contributed by atoms with Crippen molar-refractivity contribution in [3.05, 3.63) is 29.8 Å². The van der Waals surface area contributed by atoms with E-state index in [4.69, 9.17) is 10.8 Å². The number of aromatic carboxylic acids is 1. The Kier molecular flexibility index (Phi) is 4.22. The van der Waals surface area contributed by atoms with Crippen molar-refractivity contribution >= 4 is 11.7 Å². The van der Waals surface area contributed by atoms with Gasteiger partial charge in [-0.25, -0.2) is 4.79 Å². The summed E-state index contributed by atoms with van der Waals surface area (Å²) in [5.41, 5.74) is 6.98. The van der Waals surface area contributed by atoms with Gasteiger partial charge in [0, 0.05) is 18.0 Å². The first-order valence-electron chi connectivity index (χ1n) is 2.60. The van der Waals surface area contributed by atoms with E-state index in [1.165, 1.54) is 18.5 Å². The van der Waals surface area contributed by atoms with Crippen LogP contribution in [0.4, 0.5) is 5.69 Å². The zero-order chi connectivity index (χ0) is 7.56. The molecule has 0 saturated heterocycles. The molecule has 52 valence electrons. The molecule has 0 amide bonds. The summed E-state index contributed by atoms with van der Waals surface area (Å²) in [6, 6.07) is 1.30. The van der Waals surface area contributed by atoms with E-state index in [0.29, 0.717) is 0 Å². The molecule has 0 atom stereocenters. The second kappa shape index (κ2) is 4.41. The summed E-state index contributed by atoms with van der Waals surface area (Å²) < 4.78 is 0. The van der Waals surface area contributed by atoms with Crippen molar-refractivity contribution in [1.82, 2.24) is 4.98 Å². The van der Waals surface area contributed by atoms with Gasteiger partial charge >= 0.3 is 38.7 Å². The molecule has 0 fully saturated rings. The Morgan fingerprint density at radius 2 is 2.27 bits per heavy atom. The van der Waals surface area contributed by atoms with Gasteiger partial charge in [0.05, 0.1) is 0 Å². The van der Waals surface area contributed by atoms with Crippen LogP contribution in [0.1, 0.15) is 10.4 Å². The number of carboxylic acids is 1. The van der Waals surface area contributed by atoms with Crippen LogP contribution in [0.15, 0.2) is 18.5 Å². The molecule has 0 aliphatic carbocycles. The molecule has 0 saturated carbocycles. The van der Waals surface area contributed by atoms with Gasteiger partial charge in [-0.3, -0.25) is 4.98 Å². The fraction of sp³-hybridized carbons (Fsp3) is 0. The van der Waals surface area contributed by atoms with Crippen molar-refractivity contribution in [1.29, 1.82) is 0 Å². The molecule has 5 heteroatoms. The van der Waals surface area contributed by atoms with Gasteiger partial charge in [-0.2, -0.15) is 0 Å². The van der Waals surface area contributed by atoms with Crippen molar-refractivity contribution in [2.75, 3.05) is 0 Å². The smallest absolute Gasteiger partial charge is 0.697 e. The number of hydrogen-bond donors (Lipinski definition) is 1. The van der Waals surface area contributed by atoms with Gasteiger partial charge in [-0.05, 0) is 6.07 Å². The number of nitrogens with one attached hydrogen (secondary N) is 1. The molecule has 11 heavy (non-hydrogen) atoms. The standard InChI is InChI=1S/C6H5N2O2.Y/c7-5-3-8-2-1-4(5)6(9)10;/h1-3,7H,(H,9,10);/q-1;+3. The topological polar surface area (TPSA) is 74.0 Å². The third-order valence-electron chi connectivity index (χ3n) is 1.05. The maximum absolute atomic E-state index is 10.3. The van der Waals surface area contributed by atoms with Crippen molar-refractivity contribution in [3.63, 3.8) is 0 Å². The second-order valence-electron chi connectivity index (χ2n) is 1.73. The van der Waals surface area contributed by atoms with E-state index < -0.39 is 5.97 Å². The Morgan fingerprint density at radius 3 is 2.64 bits per heavy atom. The van der Waals surface area contributed by atoms with Gasteiger partial charge < -0.3 is 10.8 Å². The maximum Gasteiger partial charge on any atom is 3.00 e. The molecule has 1 aromatic rings. The number of pyridine rings is 1. The first-order valence-corrected chi connectivity index (χ1v) is 2.60. The molecule has 2 N–H and O–H groups in total. The summed E-state index contributed by atoms with van der Waals surface area (Å²) in [6.07, 6.45) is 2.55. The van der Waals surface area contributed by atoms with Crippen LogP contribution >= 0.6 is 0 Å². The van der Waals surface area contributed by atoms with Crippen molar-refractivity contribution < 1.29 is 42.6 Å². The van der Waals surface area contributed by atoms with Gasteiger partial charge in [0.2, 0.25) is 0 Å². The molecule has 0 spiro atoms. The van der Waals surface area contributed by atoms with Gasteiger partial charge in [-0.1, -0.05) is 0 Å². The molecule has 0 bridgehead atoms. The van der Waals surface area contributed by atoms with Crippen LogP contribution < -0.4 is 0 Å². The molecule has 0 aromatic carbocycles. The molecule has 0 unspecified atom stereocenters. The monoisotopic (exact) mass is 226 g/mol. The van der Waals surface area contributed by atoms with E-state index in [2.05, 4.69) is 4.98 Å². The van der Waals surface area contributed by atoms with Crippen LogP contribution in [0.5, 0.6) is 0 Å². The Bertz CT molecular complexity index is 265. The Labute approximate surface area is 88.7 Å². The molecular formula is C6H5N2O2Y+2. The Morgan fingerprint density at radius 1 is 1.64 bits per heavy atom. The van der Waals surface area contributed by atoms with E-state index >= 15 is 0 Å². The summed E-state index contributed by atoms with van der Waals surface area (Å²) in [5, 5.41) is 8.42. The first kappa shape index (κ1) is 10.5. The van der Waals surface area contributed by atoms with Gasteiger partial charge in [-0.15, -0.1) is 5.69 Å². The number of nitrogens with zero attached hydrogens (tertiary/aromatic N) is 1. The third kappa shape index (κ3) is 2.56. The Balaban J connectivity index is 0.000001000. The summed E-state index contributed by atoms with van der Waals surface area (Å²) in [5.74, 6) is -1.09. The fourth-order valence-corrected chi connectivity index (χ4v) is 0.581. The molecule has 1 heterocycles. The van der Waals surface area contributed by atoms with Crippen molar-refractivity contribution in [2.45, 2.75) is 0 Å². The predicted molar refractivity (Wildman–Crippen MR) is 35.2 cm³/mol. The van der Waals surface area contributed by atoms with Crippen LogP contribution in [-0.2, 0) is 32.7 Å². The van der Waals surface area contributed by atoms with E-state index in [0.717, 1.165) is 0 Å². The minimum Gasteiger partial charge on any atom is -0.697 e. The van der Waals surface area contributed by atoms with E-state index in [9.17, 15) is 4.79 Å². The third-order valence-corrected chi connectivity index (χ3v) is 1.05. The molecule has 1 rings (SSSR count). The van der Waals surface area contributed by atoms with Crippen LogP contribution in [0.3, 0.4) is 0 Å². The summed E-state index contributed by atoms with van der Waals surface area (Å²) in [6.45, 7) is 0. The summed E-state index contributed by atoms with van der Waals surface area (Å²) >= 11 is 0. The van der Waals surface area contributed by atoms with Crippen LogP contribution in [0.25, 0.3) is 5.73 Å². The molecule has 4 nitrogen and oxygen atoms in total. The molecule has 0 radical (unpaired) electrons. The van der Waals surface area contributed by atoms with Gasteiger partial charge in [0.1, 0.15) is 0 Å². The van der Waals surface area contributed by atoms with Crippen LogP contribution in [-0.4, -0.2) is 16.1 Å². The van der Waals surface area contributed by atoms with Crippen molar-refractivity contribution in [3.8, 4) is 0 Å². The molecule has 0 aliphatic rings. The number of hydrogen-bond acceptors (Lipinski definition) is 2. The minimum atomic E-state index is -1.09. The zero-order valence-electron chi connectivity index (χ0n) is 5.61. The van der Waals surface area contributed by atoms with E-state index in [-0.39, 0.29) is 44.0 Å². The molecule has 1 aromatic heterocycles. The number of rotatable bonds is 1. The summed E-state index contributed by atoms with van der Waals surface area (Å²) in [4.78, 5) is 13.9. The first-order chi connectivity index (χ1) is 4.72. The average molecular weight is 226 g/mol. The van der Waals surface area contributed by atoms with Crippen molar-refractivity contribution in [2.24, 2.45) is 0 Å².